The molecule has 1 heterocycles. The number of hydrogen-bond donors (Lipinski definition) is 2. The summed E-state index contributed by atoms with van der Waals surface area (Å²) in [5.74, 6) is -0.161. The van der Waals surface area contributed by atoms with E-state index in [1.54, 1.807) is 0 Å². The van der Waals surface area contributed by atoms with Gasteiger partial charge in [-0.05, 0) is 25.8 Å². The standard InChI is InChI=1S/C11H19F3N2O/c12-11(13,14)5-3-7-16-10(17)8-9-4-1-2-6-15-9/h9,15H,1-8H2,(H,16,17). The predicted molar refractivity (Wildman–Crippen MR) is 58.6 cm³/mol. The van der Waals surface area contributed by atoms with E-state index in [1.807, 2.05) is 0 Å². The Kier molecular flexibility index (Phi) is 5.74. The van der Waals surface area contributed by atoms with Gasteiger partial charge in [-0.1, -0.05) is 6.42 Å². The maximum atomic E-state index is 11.8. The Morgan fingerprint density at radius 1 is 1.35 bits per heavy atom. The molecule has 0 aromatic heterocycles. The van der Waals surface area contributed by atoms with Crippen LogP contribution in [0.3, 0.4) is 0 Å². The van der Waals surface area contributed by atoms with Crippen molar-refractivity contribution in [3.63, 3.8) is 0 Å². The van der Waals surface area contributed by atoms with Crippen LogP contribution in [0.4, 0.5) is 13.2 Å². The molecule has 0 aromatic rings. The smallest absolute Gasteiger partial charge is 0.356 e. The molecule has 0 aliphatic carbocycles. The number of rotatable bonds is 5. The Balaban J connectivity index is 2.04. The molecule has 0 aromatic carbocycles. The minimum atomic E-state index is -4.13. The summed E-state index contributed by atoms with van der Waals surface area (Å²) in [6.45, 7) is 1.02. The summed E-state index contributed by atoms with van der Waals surface area (Å²) >= 11 is 0. The van der Waals surface area contributed by atoms with Crippen LogP contribution in [-0.2, 0) is 4.79 Å². The van der Waals surface area contributed by atoms with E-state index in [-0.39, 0.29) is 24.9 Å². The van der Waals surface area contributed by atoms with E-state index < -0.39 is 12.6 Å². The second kappa shape index (κ2) is 6.83. The molecule has 1 aliphatic rings. The highest BCUT2D eigenvalue weighted by Gasteiger charge is 2.26. The fourth-order valence-corrected chi connectivity index (χ4v) is 1.91. The van der Waals surface area contributed by atoms with Gasteiger partial charge in [-0.15, -0.1) is 0 Å². The van der Waals surface area contributed by atoms with E-state index in [4.69, 9.17) is 0 Å². The third-order valence-electron chi connectivity index (χ3n) is 2.80. The number of carbonyl (C=O) groups excluding carboxylic acids is 1. The second-order valence-corrected chi connectivity index (χ2v) is 4.42. The topological polar surface area (TPSA) is 41.1 Å². The van der Waals surface area contributed by atoms with Crippen molar-refractivity contribution >= 4 is 5.91 Å². The zero-order valence-corrected chi connectivity index (χ0v) is 9.78. The number of nitrogens with one attached hydrogen (secondary N) is 2. The van der Waals surface area contributed by atoms with Gasteiger partial charge in [0.1, 0.15) is 0 Å². The lowest BCUT2D eigenvalue weighted by Gasteiger charge is -2.22. The highest BCUT2D eigenvalue weighted by molar-refractivity contribution is 5.76. The molecule has 1 aliphatic heterocycles. The number of halogens is 3. The minimum absolute atomic E-state index is 0.0483. The van der Waals surface area contributed by atoms with Crippen LogP contribution in [0.2, 0.25) is 0 Å². The fraction of sp³-hybridized carbons (Fsp3) is 0.909. The van der Waals surface area contributed by atoms with Crippen molar-refractivity contribution in [3.8, 4) is 0 Å². The molecule has 1 atom stereocenters. The minimum Gasteiger partial charge on any atom is -0.356 e. The van der Waals surface area contributed by atoms with Crippen molar-refractivity contribution in [1.82, 2.24) is 10.6 Å². The molecule has 1 unspecified atom stereocenters. The molecular formula is C11H19F3N2O. The van der Waals surface area contributed by atoms with Crippen LogP contribution < -0.4 is 10.6 Å². The van der Waals surface area contributed by atoms with Crippen molar-refractivity contribution in [3.05, 3.63) is 0 Å². The molecule has 17 heavy (non-hydrogen) atoms. The second-order valence-electron chi connectivity index (χ2n) is 4.42. The molecule has 3 nitrogen and oxygen atoms in total. The molecule has 2 N–H and O–H groups in total. The molecule has 100 valence electrons. The lowest BCUT2D eigenvalue weighted by molar-refractivity contribution is -0.136. The lowest BCUT2D eigenvalue weighted by atomic mass is 10.0. The Labute approximate surface area is 99.1 Å². The predicted octanol–water partition coefficient (Wildman–Crippen LogP) is 1.98. The first-order valence-electron chi connectivity index (χ1n) is 6.04. The molecule has 1 fully saturated rings. The van der Waals surface area contributed by atoms with Gasteiger partial charge >= 0.3 is 6.18 Å². The maximum absolute atomic E-state index is 11.8. The third-order valence-corrected chi connectivity index (χ3v) is 2.80. The Morgan fingerprint density at radius 3 is 2.71 bits per heavy atom. The van der Waals surface area contributed by atoms with Crippen molar-refractivity contribution in [2.45, 2.75) is 50.7 Å². The largest absolute Gasteiger partial charge is 0.389 e. The fourth-order valence-electron chi connectivity index (χ4n) is 1.91. The first kappa shape index (κ1) is 14.3. The zero-order chi connectivity index (χ0) is 12.7. The van der Waals surface area contributed by atoms with Gasteiger partial charge in [0.2, 0.25) is 5.91 Å². The van der Waals surface area contributed by atoms with Crippen LogP contribution in [0, 0.1) is 0 Å². The van der Waals surface area contributed by atoms with Crippen LogP contribution in [0.15, 0.2) is 0 Å². The van der Waals surface area contributed by atoms with E-state index in [2.05, 4.69) is 10.6 Å². The molecule has 0 radical (unpaired) electrons. The summed E-state index contributed by atoms with van der Waals surface area (Å²) in [6.07, 6.45) is -1.44. The van der Waals surface area contributed by atoms with E-state index in [1.165, 1.54) is 0 Å². The monoisotopic (exact) mass is 252 g/mol. The van der Waals surface area contributed by atoms with Crippen molar-refractivity contribution < 1.29 is 18.0 Å². The normalized spacial score (nSPS) is 21.2. The van der Waals surface area contributed by atoms with E-state index >= 15 is 0 Å². The van der Waals surface area contributed by atoms with Gasteiger partial charge in [0.25, 0.3) is 0 Å². The SMILES string of the molecule is O=C(CC1CCCCN1)NCCCC(F)(F)F. The molecule has 1 amide bonds. The van der Waals surface area contributed by atoms with Gasteiger partial charge < -0.3 is 10.6 Å². The highest BCUT2D eigenvalue weighted by Crippen LogP contribution is 2.20. The average molecular weight is 252 g/mol. The summed E-state index contributed by atoms with van der Waals surface area (Å²) in [7, 11) is 0. The summed E-state index contributed by atoms with van der Waals surface area (Å²) in [6, 6.07) is 0.186. The van der Waals surface area contributed by atoms with Crippen LogP contribution >= 0.6 is 0 Å². The Bertz CT molecular complexity index is 237. The van der Waals surface area contributed by atoms with Crippen LogP contribution in [0.5, 0.6) is 0 Å². The van der Waals surface area contributed by atoms with E-state index in [9.17, 15) is 18.0 Å². The third kappa shape index (κ3) is 7.20. The summed E-state index contributed by atoms with van der Waals surface area (Å²) in [5, 5.41) is 5.75. The quantitative estimate of drug-likeness (QED) is 0.735. The van der Waals surface area contributed by atoms with Crippen molar-refractivity contribution in [2.75, 3.05) is 13.1 Å². The molecule has 0 bridgehead atoms. The average Bonchev–Trinajstić information content (AvgIpc) is 2.25. The Morgan fingerprint density at radius 2 is 2.12 bits per heavy atom. The van der Waals surface area contributed by atoms with E-state index in [0.29, 0.717) is 6.42 Å². The number of carbonyl (C=O) groups is 1. The number of alkyl halides is 3. The van der Waals surface area contributed by atoms with Gasteiger partial charge in [0, 0.05) is 25.4 Å². The van der Waals surface area contributed by atoms with Crippen LogP contribution in [0.1, 0.15) is 38.5 Å². The number of hydrogen-bond acceptors (Lipinski definition) is 2. The molecule has 0 spiro atoms. The highest BCUT2D eigenvalue weighted by atomic mass is 19.4. The van der Waals surface area contributed by atoms with E-state index in [0.717, 1.165) is 25.8 Å². The van der Waals surface area contributed by atoms with Gasteiger partial charge in [0.15, 0.2) is 0 Å². The first-order valence-corrected chi connectivity index (χ1v) is 6.04. The van der Waals surface area contributed by atoms with Crippen LogP contribution in [-0.4, -0.2) is 31.2 Å². The summed E-state index contributed by atoms with van der Waals surface area (Å²) < 4.78 is 35.5. The number of piperidine rings is 1. The summed E-state index contributed by atoms with van der Waals surface area (Å²) in [5.41, 5.74) is 0. The van der Waals surface area contributed by atoms with Gasteiger partial charge in [-0.25, -0.2) is 0 Å². The zero-order valence-electron chi connectivity index (χ0n) is 9.78. The van der Waals surface area contributed by atoms with Crippen molar-refractivity contribution in [1.29, 1.82) is 0 Å². The maximum Gasteiger partial charge on any atom is 0.389 e. The molecule has 1 saturated heterocycles. The van der Waals surface area contributed by atoms with Gasteiger partial charge in [-0.2, -0.15) is 13.2 Å². The number of amides is 1. The molecule has 0 saturated carbocycles. The Hall–Kier alpha value is -0.780. The molecular weight excluding hydrogens is 233 g/mol. The summed E-state index contributed by atoms with van der Waals surface area (Å²) in [4.78, 5) is 11.4. The van der Waals surface area contributed by atoms with Gasteiger partial charge in [0.05, 0.1) is 0 Å². The lowest BCUT2D eigenvalue weighted by Crippen LogP contribution is -2.39. The van der Waals surface area contributed by atoms with Crippen LogP contribution in [0.25, 0.3) is 0 Å². The van der Waals surface area contributed by atoms with Crippen molar-refractivity contribution in [2.24, 2.45) is 0 Å². The molecule has 1 rings (SSSR count). The van der Waals surface area contributed by atoms with Gasteiger partial charge in [-0.3, -0.25) is 4.79 Å². The first-order chi connectivity index (χ1) is 7.97. The molecule has 6 heteroatoms.